The van der Waals surface area contributed by atoms with Gasteiger partial charge in [-0.3, -0.25) is 0 Å². The van der Waals surface area contributed by atoms with Crippen LogP contribution in [0.1, 0.15) is 11.0 Å². The molecule has 234 valence electrons. The molecule has 10 aromatic rings. The molecule has 0 aliphatic rings. The highest BCUT2D eigenvalue weighted by Gasteiger charge is 2.19. The third-order valence-electron chi connectivity index (χ3n) is 8.92. The molecule has 5 heteroatoms. The SMILES string of the molecule is [2H]c1c([2H])c([2H])c2c(c1[2H])c1c([2H])c([2H])c([2H])c([2H])c1n2-c1ccccc1-c1nc(-c2ccccc2)nc(-c2cccc(-c3ccc4oc5ccccc5c4c3)c2)n1. The van der Waals surface area contributed by atoms with Crippen LogP contribution in [0.3, 0.4) is 0 Å². The fraction of sp³-hybridized carbons (Fsp3) is 0. The summed E-state index contributed by atoms with van der Waals surface area (Å²) >= 11 is 0. The minimum absolute atomic E-state index is 0.00748. The minimum Gasteiger partial charge on any atom is -0.456 e. The Labute approximate surface area is 299 Å². The van der Waals surface area contributed by atoms with Crippen LogP contribution in [0.4, 0.5) is 0 Å². The van der Waals surface area contributed by atoms with Gasteiger partial charge in [-0.1, -0.05) is 121 Å². The van der Waals surface area contributed by atoms with Crippen molar-refractivity contribution in [2.45, 2.75) is 0 Å². The van der Waals surface area contributed by atoms with Crippen molar-refractivity contribution in [2.24, 2.45) is 0 Å². The number of benzene rings is 7. The summed E-state index contributed by atoms with van der Waals surface area (Å²) in [5.74, 6) is 1.01. The predicted molar refractivity (Wildman–Crippen MR) is 203 cm³/mol. The van der Waals surface area contributed by atoms with Crippen molar-refractivity contribution < 1.29 is 15.4 Å². The van der Waals surface area contributed by atoms with Crippen molar-refractivity contribution in [3.63, 3.8) is 0 Å². The van der Waals surface area contributed by atoms with Crippen molar-refractivity contribution in [3.8, 4) is 51.0 Å². The van der Waals surface area contributed by atoms with Crippen LogP contribution in [-0.2, 0) is 0 Å². The van der Waals surface area contributed by atoms with Gasteiger partial charge in [-0.25, -0.2) is 15.0 Å². The largest absolute Gasteiger partial charge is 0.456 e. The molecule has 0 aliphatic heterocycles. The molecule has 0 atom stereocenters. The number of fused-ring (bicyclic) bond motifs is 6. The van der Waals surface area contributed by atoms with E-state index in [0.717, 1.165) is 38.6 Å². The van der Waals surface area contributed by atoms with Crippen LogP contribution < -0.4 is 0 Å². The average Bonchev–Trinajstić information content (AvgIpc) is 3.83. The Bertz CT molecular complexity index is 3270. The molecular weight excluding hydrogens is 613 g/mol. The minimum atomic E-state index is -0.507. The first-order valence-electron chi connectivity index (χ1n) is 20.0. The molecule has 7 aromatic carbocycles. The van der Waals surface area contributed by atoms with E-state index < -0.39 is 48.3 Å². The molecule has 0 amide bonds. The maximum Gasteiger partial charge on any atom is 0.166 e. The summed E-state index contributed by atoms with van der Waals surface area (Å²) in [7, 11) is 0. The maximum atomic E-state index is 9.06. The Morgan fingerprint density at radius 3 is 1.86 bits per heavy atom. The van der Waals surface area contributed by atoms with Crippen molar-refractivity contribution >= 4 is 43.7 Å². The van der Waals surface area contributed by atoms with Crippen LogP contribution in [0.5, 0.6) is 0 Å². The molecule has 0 saturated carbocycles. The molecule has 0 N–H and O–H groups in total. The molecule has 0 unspecified atom stereocenters. The summed E-state index contributed by atoms with van der Waals surface area (Å²) in [6.07, 6.45) is 0. The third-order valence-corrected chi connectivity index (χ3v) is 8.92. The van der Waals surface area contributed by atoms with E-state index in [-0.39, 0.29) is 27.6 Å². The third kappa shape index (κ3) is 4.60. The second kappa shape index (κ2) is 11.4. The van der Waals surface area contributed by atoms with Gasteiger partial charge < -0.3 is 8.98 Å². The number of hydrogen-bond donors (Lipinski definition) is 0. The van der Waals surface area contributed by atoms with E-state index in [2.05, 4.69) is 6.07 Å². The van der Waals surface area contributed by atoms with E-state index in [9.17, 15) is 0 Å². The number of nitrogens with zero attached hydrogens (tertiary/aromatic N) is 4. The monoisotopic (exact) mass is 648 g/mol. The maximum absolute atomic E-state index is 9.06. The Morgan fingerprint density at radius 1 is 0.440 bits per heavy atom. The molecule has 0 fully saturated rings. The van der Waals surface area contributed by atoms with Gasteiger partial charge >= 0.3 is 0 Å². The van der Waals surface area contributed by atoms with Crippen LogP contribution in [0.25, 0.3) is 94.7 Å². The van der Waals surface area contributed by atoms with E-state index in [1.165, 1.54) is 4.57 Å². The zero-order valence-corrected chi connectivity index (χ0v) is 26.2. The first-order chi connectivity index (χ1) is 28.1. The van der Waals surface area contributed by atoms with Gasteiger partial charge in [0.1, 0.15) is 11.2 Å². The lowest BCUT2D eigenvalue weighted by molar-refractivity contribution is 0.669. The zero-order valence-electron chi connectivity index (χ0n) is 34.2. The predicted octanol–water partition coefficient (Wildman–Crippen LogP) is 11.5. The Kier molecular flexibility index (Phi) is 4.83. The summed E-state index contributed by atoms with van der Waals surface area (Å²) < 4.78 is 77.6. The van der Waals surface area contributed by atoms with Crippen molar-refractivity contribution in [1.82, 2.24) is 19.5 Å². The Hall–Kier alpha value is -6.85. The van der Waals surface area contributed by atoms with Gasteiger partial charge in [-0.15, -0.1) is 0 Å². The molecule has 50 heavy (non-hydrogen) atoms. The molecule has 3 heterocycles. The molecule has 10 rings (SSSR count). The highest BCUT2D eigenvalue weighted by molar-refractivity contribution is 6.10. The first-order valence-corrected chi connectivity index (χ1v) is 16.0. The number of hydrogen-bond acceptors (Lipinski definition) is 4. The smallest absolute Gasteiger partial charge is 0.166 e. The van der Waals surface area contributed by atoms with Gasteiger partial charge in [0, 0.05) is 38.2 Å². The average molecular weight is 649 g/mol. The highest BCUT2D eigenvalue weighted by atomic mass is 16.3. The van der Waals surface area contributed by atoms with E-state index >= 15 is 0 Å². The fourth-order valence-corrected chi connectivity index (χ4v) is 6.60. The molecular formula is C45H28N4O. The Balaban J connectivity index is 1.22. The summed E-state index contributed by atoms with van der Waals surface area (Å²) in [5, 5.41) is 2.01. The Morgan fingerprint density at radius 2 is 1.04 bits per heavy atom. The second-order valence-electron chi connectivity index (χ2n) is 11.9. The molecule has 3 aromatic heterocycles. The zero-order chi connectivity index (χ0) is 40.0. The number of para-hydroxylation sites is 4. The van der Waals surface area contributed by atoms with Crippen LogP contribution in [0.15, 0.2) is 174 Å². The highest BCUT2D eigenvalue weighted by Crippen LogP contribution is 2.37. The summed E-state index contributed by atoms with van der Waals surface area (Å²) in [6.45, 7) is 0. The van der Waals surface area contributed by atoms with Crippen LogP contribution >= 0.6 is 0 Å². The summed E-state index contributed by atoms with van der Waals surface area (Å²) in [5.41, 5.74) is 5.78. The van der Waals surface area contributed by atoms with Gasteiger partial charge in [-0.05, 0) is 59.6 Å². The topological polar surface area (TPSA) is 56.7 Å². The van der Waals surface area contributed by atoms with Gasteiger partial charge in [-0.2, -0.15) is 0 Å². The van der Waals surface area contributed by atoms with Crippen molar-refractivity contribution in [1.29, 1.82) is 0 Å². The van der Waals surface area contributed by atoms with E-state index in [4.69, 9.17) is 30.3 Å². The molecule has 0 spiro atoms. The molecule has 0 saturated heterocycles. The van der Waals surface area contributed by atoms with Crippen LogP contribution in [0.2, 0.25) is 0 Å². The molecule has 0 radical (unpaired) electrons. The van der Waals surface area contributed by atoms with Gasteiger partial charge in [0.15, 0.2) is 17.5 Å². The van der Waals surface area contributed by atoms with Crippen LogP contribution in [0, 0.1) is 0 Å². The van der Waals surface area contributed by atoms with E-state index in [0.29, 0.717) is 28.5 Å². The summed E-state index contributed by atoms with van der Waals surface area (Å²) in [4.78, 5) is 15.0. The number of rotatable bonds is 5. The fourth-order valence-electron chi connectivity index (χ4n) is 6.60. The van der Waals surface area contributed by atoms with Crippen molar-refractivity contribution in [3.05, 3.63) is 170 Å². The van der Waals surface area contributed by atoms with Gasteiger partial charge in [0.05, 0.1) is 27.7 Å². The van der Waals surface area contributed by atoms with Gasteiger partial charge in [0.25, 0.3) is 0 Å². The van der Waals surface area contributed by atoms with E-state index in [1.807, 2.05) is 91.0 Å². The molecule has 0 aliphatic carbocycles. The van der Waals surface area contributed by atoms with Crippen LogP contribution in [-0.4, -0.2) is 19.5 Å². The lowest BCUT2D eigenvalue weighted by Gasteiger charge is -2.14. The second-order valence-corrected chi connectivity index (χ2v) is 11.9. The number of furan rings is 1. The molecule has 0 bridgehead atoms. The van der Waals surface area contributed by atoms with Crippen molar-refractivity contribution in [2.75, 3.05) is 0 Å². The standard InChI is InChI=1S/C45H28N4O/c1-2-13-29(14-3-1)43-46-44(32-16-12-15-30(27-32)31-25-26-42-37(28-31)35-19-7-11-24-41(35)50-42)48-45(47-43)36-20-6-10-23-40(36)49-38-21-8-4-17-33(38)34-18-5-9-22-39(34)49/h1-28H/i4D,5D,8D,9D,17D,18D,21D,22D. The first kappa shape index (κ1) is 21.2. The normalized spacial score (nSPS) is 13.8. The lowest BCUT2D eigenvalue weighted by Crippen LogP contribution is -2.03. The lowest BCUT2D eigenvalue weighted by atomic mass is 10.0. The molecule has 5 nitrogen and oxygen atoms in total. The van der Waals surface area contributed by atoms with E-state index in [1.54, 1.807) is 24.3 Å². The quantitative estimate of drug-likeness (QED) is 0.186. The number of aromatic nitrogens is 4. The summed E-state index contributed by atoms with van der Waals surface area (Å²) in [6, 6.07) is 34.9. The van der Waals surface area contributed by atoms with Gasteiger partial charge in [0.2, 0.25) is 0 Å².